The second-order valence-electron chi connectivity index (χ2n) is 8.04. The van der Waals surface area contributed by atoms with Crippen LogP contribution in [0.1, 0.15) is 43.0 Å². The lowest BCUT2D eigenvalue weighted by Crippen LogP contribution is -2.39. The number of hydrogen-bond acceptors (Lipinski definition) is 7. The van der Waals surface area contributed by atoms with Crippen molar-refractivity contribution in [2.45, 2.75) is 42.9 Å². The van der Waals surface area contributed by atoms with Crippen LogP contribution < -0.4 is 4.90 Å². The van der Waals surface area contributed by atoms with Gasteiger partial charge in [-0.1, -0.05) is 6.07 Å². The molecular weight excluding hydrogens is 402 g/mol. The van der Waals surface area contributed by atoms with E-state index in [9.17, 15) is 13.2 Å². The molecule has 8 nitrogen and oxygen atoms in total. The minimum Gasteiger partial charge on any atom is -0.342 e. The molecule has 2 aliphatic heterocycles. The van der Waals surface area contributed by atoms with Gasteiger partial charge in [0.15, 0.2) is 9.84 Å². The Balaban J connectivity index is 1.49. The van der Waals surface area contributed by atoms with E-state index in [2.05, 4.69) is 14.9 Å². The molecule has 0 aromatic carbocycles. The Hall–Kier alpha value is -2.55. The Morgan fingerprint density at radius 1 is 1.10 bits per heavy atom. The first-order valence-corrected chi connectivity index (χ1v) is 12.3. The average Bonchev–Trinajstić information content (AvgIpc) is 3.28. The predicted molar refractivity (Wildman–Crippen MR) is 113 cm³/mol. The van der Waals surface area contributed by atoms with Gasteiger partial charge < -0.3 is 9.80 Å². The maximum absolute atomic E-state index is 12.6. The average molecular weight is 430 g/mol. The lowest BCUT2D eigenvalue weighted by atomic mass is 9.93. The van der Waals surface area contributed by atoms with Crippen molar-refractivity contribution in [2.75, 3.05) is 37.3 Å². The highest BCUT2D eigenvalue weighted by Crippen LogP contribution is 2.32. The maximum Gasteiger partial charge on any atom is 0.228 e. The third-order valence-electron chi connectivity index (χ3n) is 5.85. The minimum absolute atomic E-state index is 0.00187. The number of nitrogens with zero attached hydrogens (tertiary/aromatic N) is 5. The van der Waals surface area contributed by atoms with Crippen LogP contribution in [-0.4, -0.2) is 66.6 Å². The minimum atomic E-state index is -3.43. The summed E-state index contributed by atoms with van der Waals surface area (Å²) >= 11 is 0. The number of carbonyl (C=O) groups excluding carboxylic acids is 1. The zero-order valence-electron chi connectivity index (χ0n) is 17.2. The molecule has 1 amide bonds. The van der Waals surface area contributed by atoms with Crippen LogP contribution in [0, 0.1) is 0 Å². The summed E-state index contributed by atoms with van der Waals surface area (Å²) in [6.45, 7) is 2.97. The number of carbonyl (C=O) groups is 1. The summed E-state index contributed by atoms with van der Waals surface area (Å²) in [4.78, 5) is 30.1. The van der Waals surface area contributed by atoms with E-state index < -0.39 is 9.84 Å². The molecule has 160 valence electrons. The van der Waals surface area contributed by atoms with E-state index in [0.717, 1.165) is 31.6 Å². The number of rotatable bonds is 5. The van der Waals surface area contributed by atoms with Crippen molar-refractivity contribution in [1.29, 1.82) is 0 Å². The number of pyridine rings is 1. The van der Waals surface area contributed by atoms with Gasteiger partial charge in [0.2, 0.25) is 11.9 Å². The fourth-order valence-electron chi connectivity index (χ4n) is 4.19. The van der Waals surface area contributed by atoms with Crippen LogP contribution in [0.25, 0.3) is 0 Å². The molecule has 2 fully saturated rings. The van der Waals surface area contributed by atoms with Gasteiger partial charge in [0.25, 0.3) is 0 Å². The molecule has 2 aromatic rings. The Labute approximate surface area is 177 Å². The second kappa shape index (κ2) is 8.67. The molecular formula is C21H27N5O3S. The summed E-state index contributed by atoms with van der Waals surface area (Å²) in [7, 11) is -3.43. The molecule has 2 aliphatic rings. The van der Waals surface area contributed by atoms with Gasteiger partial charge in [-0.2, -0.15) is 0 Å². The molecule has 0 spiro atoms. The Kier molecular flexibility index (Phi) is 5.99. The predicted octanol–water partition coefficient (Wildman–Crippen LogP) is 1.82. The maximum atomic E-state index is 12.6. The van der Waals surface area contributed by atoms with Crippen LogP contribution in [0.3, 0.4) is 0 Å². The summed E-state index contributed by atoms with van der Waals surface area (Å²) < 4.78 is 24.7. The number of piperidine rings is 1. The fraction of sp³-hybridized carbons (Fsp3) is 0.524. The number of amides is 1. The first-order valence-electron chi connectivity index (χ1n) is 10.4. The van der Waals surface area contributed by atoms with Gasteiger partial charge in [-0.25, -0.2) is 18.4 Å². The Bertz CT molecular complexity index is 999. The lowest BCUT2D eigenvalue weighted by molar-refractivity contribution is -0.131. The summed E-state index contributed by atoms with van der Waals surface area (Å²) in [5, 5.41) is 0. The third-order valence-corrected chi connectivity index (χ3v) is 6.96. The van der Waals surface area contributed by atoms with Crippen molar-refractivity contribution in [3.05, 3.63) is 42.0 Å². The highest BCUT2D eigenvalue weighted by molar-refractivity contribution is 7.90. The van der Waals surface area contributed by atoms with Crippen LogP contribution in [0.2, 0.25) is 0 Å². The summed E-state index contributed by atoms with van der Waals surface area (Å²) in [5.74, 6) is 0.664. The molecule has 4 heterocycles. The molecule has 0 aliphatic carbocycles. The number of aromatic nitrogens is 3. The van der Waals surface area contributed by atoms with Crippen molar-refractivity contribution >= 4 is 21.7 Å². The Morgan fingerprint density at radius 2 is 1.83 bits per heavy atom. The molecule has 0 saturated carbocycles. The molecule has 30 heavy (non-hydrogen) atoms. The van der Waals surface area contributed by atoms with Crippen molar-refractivity contribution < 1.29 is 13.2 Å². The summed E-state index contributed by atoms with van der Waals surface area (Å²) in [5.41, 5.74) is 1.36. The van der Waals surface area contributed by atoms with Crippen molar-refractivity contribution in [3.63, 3.8) is 0 Å². The molecule has 0 N–H and O–H groups in total. The third kappa shape index (κ3) is 4.61. The lowest BCUT2D eigenvalue weighted by Gasteiger charge is -2.32. The van der Waals surface area contributed by atoms with E-state index in [-0.39, 0.29) is 23.1 Å². The van der Waals surface area contributed by atoms with Crippen LogP contribution >= 0.6 is 0 Å². The van der Waals surface area contributed by atoms with Crippen molar-refractivity contribution in [1.82, 2.24) is 19.9 Å². The quantitative estimate of drug-likeness (QED) is 0.715. The van der Waals surface area contributed by atoms with E-state index >= 15 is 0 Å². The monoisotopic (exact) mass is 429 g/mol. The van der Waals surface area contributed by atoms with Gasteiger partial charge in [-0.05, 0) is 37.8 Å². The molecule has 0 atom stereocenters. The zero-order valence-corrected chi connectivity index (χ0v) is 18.0. The summed E-state index contributed by atoms with van der Waals surface area (Å²) in [6, 6.07) is 5.56. The van der Waals surface area contributed by atoms with E-state index in [4.69, 9.17) is 4.98 Å². The molecule has 2 saturated heterocycles. The zero-order chi connectivity index (χ0) is 21.1. The van der Waals surface area contributed by atoms with Crippen molar-refractivity contribution in [2.24, 2.45) is 0 Å². The van der Waals surface area contributed by atoms with Crippen LogP contribution in [0.4, 0.5) is 5.95 Å². The first-order chi connectivity index (χ1) is 14.4. The topological polar surface area (TPSA) is 96.4 Å². The highest BCUT2D eigenvalue weighted by Gasteiger charge is 2.30. The van der Waals surface area contributed by atoms with Gasteiger partial charge in [-0.3, -0.25) is 9.78 Å². The normalized spacial score (nSPS) is 18.0. The number of likely N-dealkylation sites (tertiary alicyclic amines) is 1. The first kappa shape index (κ1) is 20.7. The second-order valence-corrected chi connectivity index (χ2v) is 10.0. The van der Waals surface area contributed by atoms with Crippen LogP contribution in [0.5, 0.6) is 0 Å². The van der Waals surface area contributed by atoms with Gasteiger partial charge in [0, 0.05) is 50.2 Å². The van der Waals surface area contributed by atoms with Crippen LogP contribution in [0.15, 0.2) is 35.5 Å². The molecule has 4 rings (SSSR count). The molecule has 0 unspecified atom stereocenters. The van der Waals surface area contributed by atoms with Gasteiger partial charge in [0.1, 0.15) is 4.90 Å². The van der Waals surface area contributed by atoms with E-state index in [1.807, 2.05) is 23.1 Å². The largest absolute Gasteiger partial charge is 0.342 e. The van der Waals surface area contributed by atoms with Gasteiger partial charge >= 0.3 is 0 Å². The number of sulfone groups is 1. The standard InChI is InChI=1S/C21H27N5O3S/c1-30(28,29)18-15-23-21(26-10-4-5-11-26)24-20(18)16-7-12-25(13-8-16)19(27)14-17-6-2-3-9-22-17/h2-3,6,9,15-16H,4-5,7-8,10-14H2,1H3. The van der Waals surface area contributed by atoms with Crippen LogP contribution in [-0.2, 0) is 21.1 Å². The Morgan fingerprint density at radius 3 is 2.47 bits per heavy atom. The fourth-order valence-corrected chi connectivity index (χ4v) is 5.03. The van der Waals surface area contributed by atoms with E-state index in [1.165, 1.54) is 12.5 Å². The smallest absolute Gasteiger partial charge is 0.228 e. The van der Waals surface area contributed by atoms with E-state index in [0.29, 0.717) is 37.6 Å². The molecule has 0 radical (unpaired) electrons. The molecule has 9 heteroatoms. The number of hydrogen-bond donors (Lipinski definition) is 0. The number of anilines is 1. The molecule has 2 aromatic heterocycles. The van der Waals surface area contributed by atoms with Crippen molar-refractivity contribution in [3.8, 4) is 0 Å². The SMILES string of the molecule is CS(=O)(=O)c1cnc(N2CCCC2)nc1C1CCN(C(=O)Cc2ccccn2)CC1. The highest BCUT2D eigenvalue weighted by atomic mass is 32.2. The summed E-state index contributed by atoms with van der Waals surface area (Å²) in [6.07, 6.45) is 8.22. The van der Waals surface area contributed by atoms with E-state index in [1.54, 1.807) is 6.20 Å². The molecule has 0 bridgehead atoms. The van der Waals surface area contributed by atoms with Gasteiger partial charge in [-0.15, -0.1) is 0 Å². The van der Waals surface area contributed by atoms with Gasteiger partial charge in [0.05, 0.1) is 18.3 Å².